The highest BCUT2D eigenvalue weighted by atomic mass is 16.5. The van der Waals surface area contributed by atoms with Gasteiger partial charge in [0.25, 0.3) is 0 Å². The molecule has 3 aliphatic rings. The lowest BCUT2D eigenvalue weighted by molar-refractivity contribution is -0.143. The standard InChI is InChI=1S/C15H21NO4/c17-14(13-10-6-3-4-9(10)8-20-13)16-12-7-2-1-5-11(12)15(18)19/h1-2,9-13H,3-8H2,(H,16,17)(H,18,19)/t9-,10-,11+,12-,13+/m0/s1. The fraction of sp³-hybridized carbons (Fsp3) is 0.733. The number of carboxylic acids is 1. The fourth-order valence-corrected chi connectivity index (χ4v) is 3.80. The number of carboxylic acid groups (broad SMARTS) is 1. The number of ether oxygens (including phenoxy) is 1. The van der Waals surface area contributed by atoms with E-state index in [1.165, 1.54) is 6.42 Å². The summed E-state index contributed by atoms with van der Waals surface area (Å²) in [5.41, 5.74) is 0. The molecule has 1 aliphatic heterocycles. The summed E-state index contributed by atoms with van der Waals surface area (Å²) >= 11 is 0. The average Bonchev–Trinajstić information content (AvgIpc) is 3.01. The monoisotopic (exact) mass is 279 g/mol. The molecule has 5 heteroatoms. The summed E-state index contributed by atoms with van der Waals surface area (Å²) in [5, 5.41) is 12.1. The maximum atomic E-state index is 12.4. The number of hydrogen-bond donors (Lipinski definition) is 2. The predicted molar refractivity (Wildman–Crippen MR) is 72.0 cm³/mol. The molecule has 5 nitrogen and oxygen atoms in total. The number of carbonyl (C=O) groups is 2. The van der Waals surface area contributed by atoms with Gasteiger partial charge in [-0.25, -0.2) is 0 Å². The quantitative estimate of drug-likeness (QED) is 0.764. The molecule has 0 spiro atoms. The van der Waals surface area contributed by atoms with Crippen molar-refractivity contribution < 1.29 is 19.4 Å². The molecule has 2 N–H and O–H groups in total. The third kappa shape index (κ3) is 2.46. The van der Waals surface area contributed by atoms with Crippen molar-refractivity contribution in [3.05, 3.63) is 12.2 Å². The van der Waals surface area contributed by atoms with E-state index in [9.17, 15) is 14.7 Å². The normalized spacial score (nSPS) is 39.5. The van der Waals surface area contributed by atoms with E-state index in [1.54, 1.807) is 0 Å². The van der Waals surface area contributed by atoms with Crippen molar-refractivity contribution in [2.75, 3.05) is 6.61 Å². The molecule has 20 heavy (non-hydrogen) atoms. The van der Waals surface area contributed by atoms with Crippen molar-refractivity contribution in [2.24, 2.45) is 17.8 Å². The van der Waals surface area contributed by atoms with Crippen LogP contribution in [0.2, 0.25) is 0 Å². The van der Waals surface area contributed by atoms with Crippen LogP contribution in [0.5, 0.6) is 0 Å². The van der Waals surface area contributed by atoms with Crippen LogP contribution < -0.4 is 5.32 Å². The second-order valence-electron chi connectivity index (χ2n) is 6.11. The van der Waals surface area contributed by atoms with Crippen LogP contribution in [0.4, 0.5) is 0 Å². The zero-order chi connectivity index (χ0) is 14.1. The van der Waals surface area contributed by atoms with Gasteiger partial charge in [0.05, 0.1) is 12.5 Å². The van der Waals surface area contributed by atoms with Gasteiger partial charge < -0.3 is 15.2 Å². The Morgan fingerprint density at radius 2 is 2.00 bits per heavy atom. The molecule has 5 atom stereocenters. The largest absolute Gasteiger partial charge is 0.481 e. The van der Waals surface area contributed by atoms with Gasteiger partial charge >= 0.3 is 5.97 Å². The summed E-state index contributed by atoms with van der Waals surface area (Å²) in [6.07, 6.45) is 7.89. The molecule has 0 unspecified atom stereocenters. The van der Waals surface area contributed by atoms with Crippen LogP contribution in [-0.2, 0) is 14.3 Å². The summed E-state index contributed by atoms with van der Waals surface area (Å²) in [5.74, 6) is -0.633. The van der Waals surface area contributed by atoms with Gasteiger partial charge in [-0.3, -0.25) is 9.59 Å². The van der Waals surface area contributed by atoms with Crippen LogP contribution in [-0.4, -0.2) is 35.7 Å². The molecular formula is C15H21NO4. The molecule has 110 valence electrons. The Balaban J connectivity index is 1.63. The zero-order valence-electron chi connectivity index (χ0n) is 11.5. The van der Waals surface area contributed by atoms with E-state index < -0.39 is 11.9 Å². The van der Waals surface area contributed by atoms with Crippen LogP contribution in [0.1, 0.15) is 32.1 Å². The van der Waals surface area contributed by atoms with Gasteiger partial charge in [0, 0.05) is 6.04 Å². The number of aliphatic carboxylic acids is 1. The van der Waals surface area contributed by atoms with E-state index in [4.69, 9.17) is 4.74 Å². The van der Waals surface area contributed by atoms with Gasteiger partial charge in [0.2, 0.25) is 5.91 Å². The number of allylic oxidation sites excluding steroid dienone is 1. The Morgan fingerprint density at radius 1 is 1.20 bits per heavy atom. The SMILES string of the molecule is O=C(O)[C@@H]1CC=CC[C@@H]1NC(=O)[C@@H]1OC[C@@H]2CCC[C@@H]21. The van der Waals surface area contributed by atoms with Gasteiger partial charge in [0.15, 0.2) is 0 Å². The number of hydrogen-bond acceptors (Lipinski definition) is 3. The highest BCUT2D eigenvalue weighted by Crippen LogP contribution is 2.40. The minimum absolute atomic E-state index is 0.119. The summed E-state index contributed by atoms with van der Waals surface area (Å²) < 4.78 is 5.64. The minimum atomic E-state index is -0.842. The lowest BCUT2D eigenvalue weighted by Crippen LogP contribution is -2.48. The van der Waals surface area contributed by atoms with E-state index in [0.29, 0.717) is 31.3 Å². The number of nitrogens with one attached hydrogen (secondary N) is 1. The second kappa shape index (κ2) is 5.56. The van der Waals surface area contributed by atoms with Gasteiger partial charge in [-0.2, -0.15) is 0 Å². The minimum Gasteiger partial charge on any atom is -0.481 e. The maximum absolute atomic E-state index is 12.4. The molecule has 3 rings (SSSR count). The van der Waals surface area contributed by atoms with Crippen LogP contribution in [0.25, 0.3) is 0 Å². The van der Waals surface area contributed by atoms with Gasteiger partial charge in [-0.05, 0) is 37.5 Å². The Hall–Kier alpha value is -1.36. The van der Waals surface area contributed by atoms with Crippen molar-refractivity contribution in [1.82, 2.24) is 5.32 Å². The Kier molecular flexibility index (Phi) is 3.78. The molecule has 0 aromatic rings. The molecule has 2 aliphatic carbocycles. The van der Waals surface area contributed by atoms with Crippen molar-refractivity contribution >= 4 is 11.9 Å². The topological polar surface area (TPSA) is 75.6 Å². The van der Waals surface area contributed by atoms with Crippen molar-refractivity contribution in [3.63, 3.8) is 0 Å². The summed E-state index contributed by atoms with van der Waals surface area (Å²) in [6.45, 7) is 0.676. The molecule has 0 aromatic heterocycles. The molecule has 1 saturated carbocycles. The molecule has 0 radical (unpaired) electrons. The Labute approximate surface area is 118 Å². The van der Waals surface area contributed by atoms with Gasteiger partial charge in [-0.1, -0.05) is 18.6 Å². The maximum Gasteiger partial charge on any atom is 0.308 e. The summed E-state index contributed by atoms with van der Waals surface area (Å²) in [6, 6.07) is -0.311. The lowest BCUT2D eigenvalue weighted by Gasteiger charge is -2.28. The number of amides is 1. The molecule has 0 bridgehead atoms. The van der Waals surface area contributed by atoms with Crippen molar-refractivity contribution in [1.29, 1.82) is 0 Å². The van der Waals surface area contributed by atoms with Crippen LogP contribution in [0.15, 0.2) is 12.2 Å². The number of fused-ring (bicyclic) bond motifs is 1. The number of rotatable bonds is 3. The van der Waals surface area contributed by atoms with Crippen LogP contribution in [0, 0.1) is 17.8 Å². The van der Waals surface area contributed by atoms with Crippen LogP contribution >= 0.6 is 0 Å². The predicted octanol–water partition coefficient (Wildman–Crippen LogP) is 1.34. The van der Waals surface area contributed by atoms with E-state index >= 15 is 0 Å². The zero-order valence-corrected chi connectivity index (χ0v) is 11.5. The second-order valence-corrected chi connectivity index (χ2v) is 6.11. The first-order valence-corrected chi connectivity index (χ1v) is 7.46. The molecule has 1 heterocycles. The molecule has 0 aromatic carbocycles. The smallest absolute Gasteiger partial charge is 0.308 e. The molecule has 2 fully saturated rings. The van der Waals surface area contributed by atoms with E-state index in [0.717, 1.165) is 12.8 Å². The van der Waals surface area contributed by atoms with Gasteiger partial charge in [-0.15, -0.1) is 0 Å². The van der Waals surface area contributed by atoms with Crippen molar-refractivity contribution in [3.8, 4) is 0 Å². The first kappa shape index (κ1) is 13.6. The van der Waals surface area contributed by atoms with E-state index in [-0.39, 0.29) is 18.1 Å². The number of carbonyl (C=O) groups excluding carboxylic acids is 1. The Bertz CT molecular complexity index is 434. The van der Waals surface area contributed by atoms with Crippen molar-refractivity contribution in [2.45, 2.75) is 44.2 Å². The molecule has 1 saturated heterocycles. The fourth-order valence-electron chi connectivity index (χ4n) is 3.80. The van der Waals surface area contributed by atoms with E-state index in [2.05, 4.69) is 5.32 Å². The third-order valence-corrected chi connectivity index (χ3v) is 4.93. The lowest BCUT2D eigenvalue weighted by atomic mass is 9.88. The molecular weight excluding hydrogens is 258 g/mol. The summed E-state index contributed by atoms with van der Waals surface area (Å²) in [4.78, 5) is 23.6. The Morgan fingerprint density at radius 3 is 2.80 bits per heavy atom. The highest BCUT2D eigenvalue weighted by Gasteiger charge is 2.44. The average molecular weight is 279 g/mol. The van der Waals surface area contributed by atoms with E-state index in [1.807, 2.05) is 12.2 Å². The highest BCUT2D eigenvalue weighted by molar-refractivity contribution is 5.83. The van der Waals surface area contributed by atoms with Gasteiger partial charge in [0.1, 0.15) is 6.10 Å². The summed E-state index contributed by atoms with van der Waals surface area (Å²) in [7, 11) is 0. The third-order valence-electron chi connectivity index (χ3n) is 4.93. The first-order valence-electron chi connectivity index (χ1n) is 7.46. The first-order chi connectivity index (χ1) is 9.66. The van der Waals surface area contributed by atoms with Crippen LogP contribution in [0.3, 0.4) is 0 Å². The molecule has 1 amide bonds.